The van der Waals surface area contributed by atoms with Crippen molar-refractivity contribution in [1.82, 2.24) is 10.2 Å². The molecule has 3 nitrogen and oxygen atoms in total. The SMILES string of the molecule is OC1(C(CN2CCNCC2)c2cccc(Br)c2)CCCCCCC1. The van der Waals surface area contributed by atoms with E-state index in [0.717, 1.165) is 62.9 Å². The Hall–Kier alpha value is -0.420. The molecule has 0 radical (unpaired) electrons. The predicted molar refractivity (Wildman–Crippen MR) is 103 cm³/mol. The van der Waals surface area contributed by atoms with E-state index in [1.165, 1.54) is 24.8 Å². The molecule has 3 rings (SSSR count). The van der Waals surface area contributed by atoms with E-state index in [9.17, 15) is 5.11 Å². The third-order valence-corrected chi connectivity index (χ3v) is 6.26. The minimum absolute atomic E-state index is 0.200. The first kappa shape index (κ1) is 18.4. The molecule has 1 aliphatic carbocycles. The summed E-state index contributed by atoms with van der Waals surface area (Å²) in [6.45, 7) is 5.25. The van der Waals surface area contributed by atoms with Crippen LogP contribution in [0.25, 0.3) is 0 Å². The van der Waals surface area contributed by atoms with Crippen LogP contribution in [0.3, 0.4) is 0 Å². The second-order valence-electron chi connectivity index (χ2n) is 7.53. The summed E-state index contributed by atoms with van der Waals surface area (Å²) in [5.41, 5.74) is 0.720. The summed E-state index contributed by atoms with van der Waals surface area (Å²) < 4.78 is 1.11. The monoisotopic (exact) mass is 394 g/mol. The molecule has 0 aromatic heterocycles. The van der Waals surface area contributed by atoms with Crippen molar-refractivity contribution in [3.05, 3.63) is 34.3 Å². The molecule has 1 saturated heterocycles. The summed E-state index contributed by atoms with van der Waals surface area (Å²) >= 11 is 3.62. The smallest absolute Gasteiger partial charge is 0.0728 e. The Bertz CT molecular complexity index is 508. The zero-order valence-corrected chi connectivity index (χ0v) is 16.2. The molecule has 2 fully saturated rings. The van der Waals surface area contributed by atoms with Crippen molar-refractivity contribution in [3.8, 4) is 0 Å². The molecule has 1 unspecified atom stereocenters. The van der Waals surface area contributed by atoms with E-state index in [1.807, 2.05) is 0 Å². The number of hydrogen-bond donors (Lipinski definition) is 2. The summed E-state index contributed by atoms with van der Waals surface area (Å²) in [4.78, 5) is 2.53. The molecule has 0 amide bonds. The molecule has 0 bridgehead atoms. The van der Waals surface area contributed by atoms with Gasteiger partial charge in [0, 0.05) is 43.1 Å². The van der Waals surface area contributed by atoms with Crippen molar-refractivity contribution < 1.29 is 5.11 Å². The summed E-state index contributed by atoms with van der Waals surface area (Å²) in [5.74, 6) is 0.200. The van der Waals surface area contributed by atoms with Crippen molar-refractivity contribution in [2.45, 2.75) is 56.5 Å². The first-order chi connectivity index (χ1) is 11.7. The van der Waals surface area contributed by atoms with Gasteiger partial charge in [0.2, 0.25) is 0 Å². The highest BCUT2D eigenvalue weighted by molar-refractivity contribution is 9.10. The van der Waals surface area contributed by atoms with Gasteiger partial charge in [0.05, 0.1) is 5.60 Å². The van der Waals surface area contributed by atoms with Crippen molar-refractivity contribution in [2.24, 2.45) is 0 Å². The van der Waals surface area contributed by atoms with Crippen LogP contribution >= 0.6 is 15.9 Å². The summed E-state index contributed by atoms with van der Waals surface area (Å²) in [7, 11) is 0. The van der Waals surface area contributed by atoms with Gasteiger partial charge in [-0.2, -0.15) is 0 Å². The molecule has 1 heterocycles. The zero-order chi connectivity index (χ0) is 16.8. The Morgan fingerprint density at radius 3 is 2.42 bits per heavy atom. The average molecular weight is 395 g/mol. The molecule has 1 aliphatic heterocycles. The lowest BCUT2D eigenvalue weighted by Crippen LogP contribution is -2.49. The quantitative estimate of drug-likeness (QED) is 0.812. The van der Waals surface area contributed by atoms with Gasteiger partial charge in [-0.15, -0.1) is 0 Å². The molecule has 1 aromatic carbocycles. The third kappa shape index (κ3) is 4.81. The topological polar surface area (TPSA) is 35.5 Å². The minimum atomic E-state index is -0.563. The maximum Gasteiger partial charge on any atom is 0.0728 e. The summed E-state index contributed by atoms with van der Waals surface area (Å²) in [6, 6.07) is 8.60. The van der Waals surface area contributed by atoms with E-state index in [0.29, 0.717) is 0 Å². The number of piperazine rings is 1. The Labute approximate surface area is 155 Å². The molecular weight excluding hydrogens is 364 g/mol. The van der Waals surface area contributed by atoms with Gasteiger partial charge in [0.25, 0.3) is 0 Å². The number of rotatable bonds is 4. The molecule has 2 N–H and O–H groups in total. The molecular formula is C20H31BrN2O. The first-order valence-electron chi connectivity index (χ1n) is 9.58. The minimum Gasteiger partial charge on any atom is -0.389 e. The Balaban J connectivity index is 1.84. The number of benzene rings is 1. The van der Waals surface area contributed by atoms with Crippen molar-refractivity contribution in [3.63, 3.8) is 0 Å². The lowest BCUT2D eigenvalue weighted by atomic mass is 9.74. The summed E-state index contributed by atoms with van der Waals surface area (Å²) in [5, 5.41) is 15.1. The summed E-state index contributed by atoms with van der Waals surface area (Å²) in [6.07, 6.45) is 8.05. The van der Waals surface area contributed by atoms with E-state index in [-0.39, 0.29) is 5.92 Å². The molecule has 1 saturated carbocycles. The van der Waals surface area contributed by atoms with Gasteiger partial charge >= 0.3 is 0 Å². The maximum absolute atomic E-state index is 11.7. The number of nitrogens with zero attached hydrogens (tertiary/aromatic N) is 1. The number of hydrogen-bond acceptors (Lipinski definition) is 3. The van der Waals surface area contributed by atoms with Crippen LogP contribution in [0.5, 0.6) is 0 Å². The number of nitrogens with one attached hydrogen (secondary N) is 1. The average Bonchev–Trinajstić information content (AvgIpc) is 2.57. The van der Waals surface area contributed by atoms with Gasteiger partial charge in [0.15, 0.2) is 0 Å². The fraction of sp³-hybridized carbons (Fsp3) is 0.700. The number of halogens is 1. The number of aliphatic hydroxyl groups is 1. The largest absolute Gasteiger partial charge is 0.389 e. The van der Waals surface area contributed by atoms with Crippen LogP contribution in [0.15, 0.2) is 28.7 Å². The molecule has 1 atom stereocenters. The van der Waals surface area contributed by atoms with E-state index in [2.05, 4.69) is 50.4 Å². The van der Waals surface area contributed by atoms with E-state index in [1.54, 1.807) is 0 Å². The fourth-order valence-electron chi connectivity index (χ4n) is 4.33. The standard InChI is InChI=1S/C20H31BrN2O/c21-18-8-6-7-17(15-18)19(16-23-13-11-22-12-14-23)20(24)9-4-2-1-3-5-10-20/h6-8,15,19,22,24H,1-5,9-14,16H2. The molecule has 24 heavy (non-hydrogen) atoms. The normalized spacial score (nSPS) is 24.1. The lowest BCUT2D eigenvalue weighted by Gasteiger charge is -2.41. The Morgan fingerprint density at radius 2 is 1.75 bits per heavy atom. The second-order valence-corrected chi connectivity index (χ2v) is 8.45. The predicted octanol–water partition coefficient (Wildman–Crippen LogP) is 3.91. The third-order valence-electron chi connectivity index (χ3n) is 5.77. The van der Waals surface area contributed by atoms with E-state index < -0.39 is 5.60 Å². The molecule has 0 spiro atoms. The van der Waals surface area contributed by atoms with Gasteiger partial charge in [-0.05, 0) is 30.5 Å². The van der Waals surface area contributed by atoms with Gasteiger partial charge in [0.1, 0.15) is 0 Å². The van der Waals surface area contributed by atoms with Gasteiger partial charge < -0.3 is 15.3 Å². The van der Waals surface area contributed by atoms with Crippen LogP contribution in [0.4, 0.5) is 0 Å². The van der Waals surface area contributed by atoms with E-state index >= 15 is 0 Å². The maximum atomic E-state index is 11.7. The lowest BCUT2D eigenvalue weighted by molar-refractivity contribution is -0.0231. The van der Waals surface area contributed by atoms with Crippen LogP contribution in [-0.4, -0.2) is 48.3 Å². The highest BCUT2D eigenvalue weighted by Gasteiger charge is 2.38. The molecule has 4 heteroatoms. The van der Waals surface area contributed by atoms with E-state index in [4.69, 9.17) is 0 Å². The van der Waals surface area contributed by atoms with Gasteiger partial charge in [-0.1, -0.05) is 60.2 Å². The highest BCUT2D eigenvalue weighted by atomic mass is 79.9. The van der Waals surface area contributed by atoms with Crippen molar-refractivity contribution >= 4 is 15.9 Å². The Morgan fingerprint density at radius 1 is 1.08 bits per heavy atom. The van der Waals surface area contributed by atoms with Crippen molar-refractivity contribution in [2.75, 3.05) is 32.7 Å². The molecule has 134 valence electrons. The second kappa shape index (κ2) is 8.79. The van der Waals surface area contributed by atoms with Crippen LogP contribution in [0.1, 0.15) is 56.4 Å². The molecule has 2 aliphatic rings. The van der Waals surface area contributed by atoms with Crippen LogP contribution in [-0.2, 0) is 0 Å². The van der Waals surface area contributed by atoms with Crippen LogP contribution < -0.4 is 5.32 Å². The first-order valence-corrected chi connectivity index (χ1v) is 10.4. The van der Waals surface area contributed by atoms with Gasteiger partial charge in [-0.3, -0.25) is 0 Å². The van der Waals surface area contributed by atoms with Crippen molar-refractivity contribution in [1.29, 1.82) is 0 Å². The van der Waals surface area contributed by atoms with Crippen LogP contribution in [0, 0.1) is 0 Å². The fourth-order valence-corrected chi connectivity index (χ4v) is 4.74. The Kier molecular flexibility index (Phi) is 6.73. The highest BCUT2D eigenvalue weighted by Crippen LogP contribution is 2.39. The van der Waals surface area contributed by atoms with Crippen LogP contribution in [0.2, 0.25) is 0 Å². The molecule has 1 aromatic rings. The zero-order valence-electron chi connectivity index (χ0n) is 14.6. The van der Waals surface area contributed by atoms with Gasteiger partial charge in [-0.25, -0.2) is 0 Å².